The van der Waals surface area contributed by atoms with Gasteiger partial charge in [0.15, 0.2) is 17.3 Å². The van der Waals surface area contributed by atoms with Crippen molar-refractivity contribution in [3.63, 3.8) is 0 Å². The summed E-state index contributed by atoms with van der Waals surface area (Å²) < 4.78 is 11.8. The summed E-state index contributed by atoms with van der Waals surface area (Å²) in [5.74, 6) is 0.815. The normalized spacial score (nSPS) is 22.7. The van der Waals surface area contributed by atoms with Gasteiger partial charge in [-0.25, -0.2) is 0 Å². The Morgan fingerprint density at radius 2 is 1.82 bits per heavy atom. The van der Waals surface area contributed by atoms with E-state index in [0.717, 1.165) is 60.2 Å². The summed E-state index contributed by atoms with van der Waals surface area (Å²) in [5.41, 5.74) is 3.84. The van der Waals surface area contributed by atoms with Crippen LogP contribution >= 0.6 is 15.9 Å². The molecule has 2 heterocycles. The predicted molar refractivity (Wildman–Crippen MR) is 131 cm³/mol. The van der Waals surface area contributed by atoms with Gasteiger partial charge in [0.1, 0.15) is 0 Å². The smallest absolute Gasteiger partial charge is 0.252 e. The number of nitrogens with zero attached hydrogens (tertiary/aromatic N) is 1. The number of piperidine rings is 1. The molecule has 0 bridgehead atoms. The number of rotatable bonds is 4. The SMILES string of the molecule is COc1cc(C2C(C(=O)N3CCCCC3)=C(C)NC3=C2C(=O)CC(C)(C)C3)cc(Br)c1OC. The van der Waals surface area contributed by atoms with Crippen molar-refractivity contribution in [3.8, 4) is 11.5 Å². The highest BCUT2D eigenvalue weighted by molar-refractivity contribution is 9.10. The number of amides is 1. The number of nitrogens with one attached hydrogen (secondary N) is 1. The van der Waals surface area contributed by atoms with Crippen LogP contribution in [0.5, 0.6) is 11.5 Å². The van der Waals surface area contributed by atoms with Gasteiger partial charge in [-0.3, -0.25) is 9.59 Å². The van der Waals surface area contributed by atoms with Crippen molar-refractivity contribution in [1.29, 1.82) is 0 Å². The largest absolute Gasteiger partial charge is 0.493 e. The van der Waals surface area contributed by atoms with Crippen molar-refractivity contribution in [2.24, 2.45) is 5.41 Å². The number of benzene rings is 1. The van der Waals surface area contributed by atoms with Gasteiger partial charge in [-0.15, -0.1) is 0 Å². The molecule has 33 heavy (non-hydrogen) atoms. The van der Waals surface area contributed by atoms with Gasteiger partial charge in [-0.2, -0.15) is 0 Å². The molecule has 1 atom stereocenters. The standard InChI is InChI=1S/C26H33BrN2O4/c1-15-21(25(31)29-9-7-6-8-10-29)22(16-11-17(27)24(33-5)20(12-16)32-4)23-18(28-15)13-26(2,3)14-19(23)30/h11-12,22,28H,6-10,13-14H2,1-5H3. The Kier molecular flexibility index (Phi) is 6.63. The summed E-state index contributed by atoms with van der Waals surface area (Å²) in [4.78, 5) is 29.3. The van der Waals surface area contributed by atoms with Crippen molar-refractivity contribution in [1.82, 2.24) is 10.2 Å². The number of carbonyl (C=O) groups is 2. The maximum absolute atomic E-state index is 13.8. The highest BCUT2D eigenvalue weighted by Gasteiger charge is 2.44. The van der Waals surface area contributed by atoms with Gasteiger partial charge in [0.25, 0.3) is 5.91 Å². The summed E-state index contributed by atoms with van der Waals surface area (Å²) >= 11 is 3.60. The summed E-state index contributed by atoms with van der Waals surface area (Å²) in [6.45, 7) is 7.70. The molecular weight excluding hydrogens is 484 g/mol. The van der Waals surface area contributed by atoms with Gasteiger partial charge in [-0.05, 0) is 71.6 Å². The molecule has 4 rings (SSSR count). The third-order valence-electron chi connectivity index (χ3n) is 6.90. The minimum Gasteiger partial charge on any atom is -0.493 e. The number of hydrogen-bond donors (Lipinski definition) is 1. The molecule has 3 aliphatic rings. The molecule has 1 aromatic rings. The highest BCUT2D eigenvalue weighted by Crippen LogP contribution is 2.49. The molecule has 1 aliphatic carbocycles. The molecule has 1 aromatic carbocycles. The molecule has 0 saturated carbocycles. The van der Waals surface area contributed by atoms with E-state index < -0.39 is 5.92 Å². The Labute approximate surface area is 204 Å². The summed E-state index contributed by atoms with van der Waals surface area (Å²) in [6, 6.07) is 3.85. The number of carbonyl (C=O) groups excluding carboxylic acids is 2. The lowest BCUT2D eigenvalue weighted by Crippen LogP contribution is -2.43. The Morgan fingerprint density at radius 1 is 1.12 bits per heavy atom. The van der Waals surface area contributed by atoms with Crippen LogP contribution in [0.2, 0.25) is 0 Å². The number of halogens is 1. The molecule has 1 saturated heterocycles. The maximum Gasteiger partial charge on any atom is 0.252 e. The maximum atomic E-state index is 13.8. The lowest BCUT2D eigenvalue weighted by molar-refractivity contribution is -0.128. The molecule has 0 spiro atoms. The lowest BCUT2D eigenvalue weighted by atomic mass is 9.68. The fourth-order valence-electron chi connectivity index (χ4n) is 5.42. The van der Waals surface area contributed by atoms with E-state index in [1.165, 1.54) is 0 Å². The molecule has 1 unspecified atom stereocenters. The molecule has 6 nitrogen and oxygen atoms in total. The minimum absolute atomic E-state index is 0.0137. The third kappa shape index (κ3) is 4.44. The molecular formula is C26H33BrN2O4. The van der Waals surface area contributed by atoms with Crippen LogP contribution in [0.1, 0.15) is 64.4 Å². The van der Waals surface area contributed by atoms with Gasteiger partial charge in [-0.1, -0.05) is 13.8 Å². The third-order valence-corrected chi connectivity index (χ3v) is 7.49. The van der Waals surface area contributed by atoms with Crippen LogP contribution in [0.15, 0.2) is 39.1 Å². The quantitative estimate of drug-likeness (QED) is 0.603. The number of likely N-dealkylation sites (tertiary alicyclic amines) is 1. The van der Waals surface area contributed by atoms with Gasteiger partial charge < -0.3 is 19.7 Å². The van der Waals surface area contributed by atoms with E-state index in [4.69, 9.17) is 9.47 Å². The van der Waals surface area contributed by atoms with Crippen molar-refractivity contribution in [2.75, 3.05) is 27.3 Å². The van der Waals surface area contributed by atoms with Crippen molar-refractivity contribution in [3.05, 3.63) is 44.7 Å². The average molecular weight is 517 g/mol. The Balaban J connectivity index is 1.89. The molecule has 0 aromatic heterocycles. The highest BCUT2D eigenvalue weighted by atomic mass is 79.9. The van der Waals surface area contributed by atoms with Gasteiger partial charge in [0.05, 0.1) is 18.7 Å². The second-order valence-electron chi connectivity index (χ2n) is 10.0. The van der Waals surface area contributed by atoms with Crippen LogP contribution in [0.25, 0.3) is 0 Å². The lowest BCUT2D eigenvalue weighted by Gasteiger charge is -2.41. The van der Waals surface area contributed by atoms with Gasteiger partial charge >= 0.3 is 0 Å². The number of ether oxygens (including phenoxy) is 2. The van der Waals surface area contributed by atoms with Crippen LogP contribution < -0.4 is 14.8 Å². The van der Waals surface area contributed by atoms with E-state index in [1.54, 1.807) is 14.2 Å². The predicted octanol–water partition coefficient (Wildman–Crippen LogP) is 5.08. The van der Waals surface area contributed by atoms with Crippen LogP contribution in [0.4, 0.5) is 0 Å². The van der Waals surface area contributed by atoms with Crippen molar-refractivity contribution < 1.29 is 19.1 Å². The first-order valence-corrected chi connectivity index (χ1v) is 12.4. The molecule has 1 amide bonds. The fraction of sp³-hybridized carbons (Fsp3) is 0.538. The first-order chi connectivity index (χ1) is 15.7. The first kappa shape index (κ1) is 23.9. The minimum atomic E-state index is -0.449. The second kappa shape index (κ2) is 9.16. The van der Waals surface area contributed by atoms with Crippen molar-refractivity contribution >= 4 is 27.6 Å². The number of hydrogen-bond acceptors (Lipinski definition) is 5. The topological polar surface area (TPSA) is 67.9 Å². The first-order valence-electron chi connectivity index (χ1n) is 11.6. The van der Waals surface area contributed by atoms with Gasteiger partial charge in [0, 0.05) is 48.0 Å². The monoisotopic (exact) mass is 516 g/mol. The van der Waals surface area contributed by atoms with E-state index in [2.05, 4.69) is 35.1 Å². The number of allylic oxidation sites excluding steroid dienone is 3. The molecule has 0 radical (unpaired) electrons. The summed E-state index contributed by atoms with van der Waals surface area (Å²) in [5, 5.41) is 3.46. The molecule has 178 valence electrons. The number of methoxy groups -OCH3 is 2. The van der Waals surface area contributed by atoms with Crippen molar-refractivity contribution in [2.45, 2.75) is 58.8 Å². The summed E-state index contributed by atoms with van der Waals surface area (Å²) in [7, 11) is 3.19. The summed E-state index contributed by atoms with van der Waals surface area (Å²) in [6.07, 6.45) is 4.40. The van der Waals surface area contributed by atoms with E-state index in [1.807, 2.05) is 24.0 Å². The van der Waals surface area contributed by atoms with E-state index in [9.17, 15) is 9.59 Å². The molecule has 1 N–H and O–H groups in total. The van der Waals surface area contributed by atoms with Gasteiger partial charge in [0.2, 0.25) is 0 Å². The van der Waals surface area contributed by atoms with E-state index >= 15 is 0 Å². The van der Waals surface area contributed by atoms with Crippen LogP contribution in [-0.4, -0.2) is 43.9 Å². The van der Waals surface area contributed by atoms with E-state index in [-0.39, 0.29) is 17.1 Å². The van der Waals surface area contributed by atoms with Crippen LogP contribution in [-0.2, 0) is 9.59 Å². The zero-order valence-electron chi connectivity index (χ0n) is 20.1. The fourth-order valence-corrected chi connectivity index (χ4v) is 6.05. The Hall–Kier alpha value is -2.28. The Morgan fingerprint density at radius 3 is 2.45 bits per heavy atom. The van der Waals surface area contributed by atoms with Crippen LogP contribution in [0.3, 0.4) is 0 Å². The second-order valence-corrected chi connectivity index (χ2v) is 10.9. The zero-order valence-corrected chi connectivity index (χ0v) is 21.7. The molecule has 7 heteroatoms. The van der Waals surface area contributed by atoms with E-state index in [0.29, 0.717) is 29.1 Å². The zero-order chi connectivity index (χ0) is 23.9. The number of ketones is 1. The number of Topliss-reactive ketones (excluding diaryl/α,β-unsaturated/α-hetero) is 1. The molecule has 1 fully saturated rings. The Bertz CT molecular complexity index is 1050. The number of dihydropyridines is 1. The molecule has 2 aliphatic heterocycles. The average Bonchev–Trinajstić information content (AvgIpc) is 2.76. The van der Waals surface area contributed by atoms with Crippen LogP contribution in [0, 0.1) is 5.41 Å².